The third-order valence-electron chi connectivity index (χ3n) is 4.26. The number of nitrogens with one attached hydrogen (secondary N) is 1. The summed E-state index contributed by atoms with van der Waals surface area (Å²) >= 11 is 0. The lowest BCUT2D eigenvalue weighted by molar-refractivity contribution is -0.121. The van der Waals surface area contributed by atoms with Gasteiger partial charge in [0.05, 0.1) is 12.7 Å². The van der Waals surface area contributed by atoms with Crippen molar-refractivity contribution in [3.63, 3.8) is 0 Å². The number of hydrogen-bond donors (Lipinski definition) is 1. The normalized spacial score (nSPS) is 10.6. The highest BCUT2D eigenvalue weighted by Gasteiger charge is 2.09. The van der Waals surface area contributed by atoms with Crippen molar-refractivity contribution in [3.8, 4) is 17.1 Å². The van der Waals surface area contributed by atoms with Crippen LogP contribution in [0.5, 0.6) is 5.75 Å². The molecule has 3 aromatic rings. The van der Waals surface area contributed by atoms with E-state index in [0.29, 0.717) is 37.6 Å². The molecule has 0 aliphatic heterocycles. The van der Waals surface area contributed by atoms with Gasteiger partial charge < -0.3 is 14.5 Å². The van der Waals surface area contributed by atoms with Gasteiger partial charge in [0.15, 0.2) is 11.7 Å². The Hall–Kier alpha value is -3.08. The van der Waals surface area contributed by atoms with E-state index in [2.05, 4.69) is 10.3 Å². The molecule has 1 N–H and O–H groups in total. The molecular formula is C22H24N2O3. The number of amides is 1. The first kappa shape index (κ1) is 18.7. The van der Waals surface area contributed by atoms with Gasteiger partial charge in [0.1, 0.15) is 12.4 Å². The molecule has 5 nitrogen and oxygen atoms in total. The van der Waals surface area contributed by atoms with Crippen LogP contribution < -0.4 is 10.1 Å². The van der Waals surface area contributed by atoms with Crippen molar-refractivity contribution in [2.45, 2.75) is 26.7 Å². The zero-order valence-electron chi connectivity index (χ0n) is 15.7. The van der Waals surface area contributed by atoms with Gasteiger partial charge >= 0.3 is 0 Å². The third-order valence-corrected chi connectivity index (χ3v) is 4.26. The molecule has 27 heavy (non-hydrogen) atoms. The Balaban J connectivity index is 1.40. The summed E-state index contributed by atoms with van der Waals surface area (Å²) in [7, 11) is 0. The molecule has 0 aliphatic carbocycles. The van der Waals surface area contributed by atoms with Gasteiger partial charge in [-0.15, -0.1) is 0 Å². The van der Waals surface area contributed by atoms with Gasteiger partial charge in [-0.25, -0.2) is 4.98 Å². The van der Waals surface area contributed by atoms with Crippen molar-refractivity contribution in [2.24, 2.45) is 0 Å². The van der Waals surface area contributed by atoms with Crippen LogP contribution in [0.15, 0.2) is 59.1 Å². The van der Waals surface area contributed by atoms with Gasteiger partial charge in [0, 0.05) is 18.4 Å². The Labute approximate surface area is 159 Å². The lowest BCUT2D eigenvalue weighted by Gasteiger charge is -2.12. The van der Waals surface area contributed by atoms with Crippen LogP contribution in [-0.2, 0) is 11.2 Å². The Morgan fingerprint density at radius 1 is 1.07 bits per heavy atom. The molecule has 0 bridgehead atoms. The lowest BCUT2D eigenvalue weighted by atomic mass is 10.1. The molecule has 0 saturated heterocycles. The molecule has 0 fully saturated rings. The number of nitrogens with zero attached hydrogens (tertiary/aromatic N) is 1. The van der Waals surface area contributed by atoms with Crippen molar-refractivity contribution < 1.29 is 13.9 Å². The molecule has 0 saturated carbocycles. The number of aromatic nitrogens is 1. The molecule has 0 atom stereocenters. The van der Waals surface area contributed by atoms with Gasteiger partial charge in [-0.1, -0.05) is 48.5 Å². The van der Waals surface area contributed by atoms with Crippen LogP contribution in [0.3, 0.4) is 0 Å². The van der Waals surface area contributed by atoms with E-state index in [-0.39, 0.29) is 5.91 Å². The number of oxazole rings is 1. The molecule has 140 valence electrons. The van der Waals surface area contributed by atoms with Crippen molar-refractivity contribution in [2.75, 3.05) is 13.2 Å². The SMILES string of the molecule is Cc1cccc(C)c1OCCNC(=O)CCc1ncc(-c2ccccc2)o1. The molecule has 0 aliphatic rings. The smallest absolute Gasteiger partial charge is 0.220 e. The number of carbonyl (C=O) groups excluding carboxylic acids is 1. The number of aryl methyl sites for hydroxylation is 3. The zero-order valence-corrected chi connectivity index (χ0v) is 15.7. The molecule has 0 radical (unpaired) electrons. The van der Waals surface area contributed by atoms with E-state index in [0.717, 1.165) is 22.4 Å². The first-order chi connectivity index (χ1) is 13.1. The van der Waals surface area contributed by atoms with E-state index >= 15 is 0 Å². The summed E-state index contributed by atoms with van der Waals surface area (Å²) in [6.07, 6.45) is 2.50. The van der Waals surface area contributed by atoms with E-state index in [1.165, 1.54) is 0 Å². The average molecular weight is 364 g/mol. The molecule has 1 aromatic heterocycles. The Kier molecular flexibility index (Phi) is 6.26. The number of ether oxygens (including phenoxy) is 1. The number of hydrogen-bond acceptors (Lipinski definition) is 4. The predicted molar refractivity (Wildman–Crippen MR) is 105 cm³/mol. The number of benzene rings is 2. The van der Waals surface area contributed by atoms with E-state index in [1.807, 2.05) is 62.4 Å². The quantitative estimate of drug-likeness (QED) is 0.612. The van der Waals surface area contributed by atoms with E-state index in [4.69, 9.17) is 9.15 Å². The van der Waals surface area contributed by atoms with Crippen LogP contribution in [0, 0.1) is 13.8 Å². The molecule has 1 heterocycles. The minimum absolute atomic E-state index is 0.0421. The van der Waals surface area contributed by atoms with Crippen LogP contribution in [0.1, 0.15) is 23.4 Å². The molecule has 0 unspecified atom stereocenters. The number of rotatable bonds is 8. The van der Waals surface area contributed by atoms with Gasteiger partial charge in [0.25, 0.3) is 0 Å². The second kappa shape index (κ2) is 9.03. The van der Waals surface area contributed by atoms with Crippen molar-refractivity contribution >= 4 is 5.91 Å². The van der Waals surface area contributed by atoms with E-state index in [1.54, 1.807) is 6.20 Å². The highest BCUT2D eigenvalue weighted by molar-refractivity contribution is 5.76. The summed E-state index contributed by atoms with van der Waals surface area (Å²) in [6, 6.07) is 15.8. The van der Waals surface area contributed by atoms with Crippen LogP contribution in [-0.4, -0.2) is 24.0 Å². The summed E-state index contributed by atoms with van der Waals surface area (Å²) in [5, 5.41) is 2.87. The monoisotopic (exact) mass is 364 g/mol. The summed E-state index contributed by atoms with van der Waals surface area (Å²) in [5.74, 6) is 2.13. The standard InChI is InChI=1S/C22H24N2O3/c1-16-7-6-8-17(2)22(16)26-14-13-23-20(25)11-12-21-24-15-19(27-21)18-9-4-3-5-10-18/h3-10,15H,11-14H2,1-2H3,(H,23,25). The van der Waals surface area contributed by atoms with Crippen LogP contribution in [0.2, 0.25) is 0 Å². The van der Waals surface area contributed by atoms with E-state index in [9.17, 15) is 4.79 Å². The van der Waals surface area contributed by atoms with Crippen molar-refractivity contribution in [3.05, 3.63) is 71.7 Å². The maximum absolute atomic E-state index is 12.0. The van der Waals surface area contributed by atoms with Gasteiger partial charge in [-0.2, -0.15) is 0 Å². The molecule has 0 spiro atoms. The molecule has 2 aromatic carbocycles. The fourth-order valence-electron chi connectivity index (χ4n) is 2.84. The van der Waals surface area contributed by atoms with Crippen LogP contribution in [0.4, 0.5) is 0 Å². The van der Waals surface area contributed by atoms with Crippen LogP contribution >= 0.6 is 0 Å². The van der Waals surface area contributed by atoms with Crippen LogP contribution in [0.25, 0.3) is 11.3 Å². The maximum Gasteiger partial charge on any atom is 0.220 e. The summed E-state index contributed by atoms with van der Waals surface area (Å²) in [4.78, 5) is 16.3. The molecule has 3 rings (SSSR count). The Morgan fingerprint density at radius 2 is 1.81 bits per heavy atom. The maximum atomic E-state index is 12.0. The van der Waals surface area contributed by atoms with Crippen molar-refractivity contribution in [1.29, 1.82) is 0 Å². The van der Waals surface area contributed by atoms with Gasteiger partial charge in [-0.05, 0) is 25.0 Å². The molecule has 5 heteroatoms. The summed E-state index contributed by atoms with van der Waals surface area (Å²) in [5.41, 5.74) is 3.17. The Bertz CT molecular complexity index is 867. The van der Waals surface area contributed by atoms with E-state index < -0.39 is 0 Å². The summed E-state index contributed by atoms with van der Waals surface area (Å²) < 4.78 is 11.5. The third kappa shape index (κ3) is 5.20. The highest BCUT2D eigenvalue weighted by Crippen LogP contribution is 2.22. The first-order valence-electron chi connectivity index (χ1n) is 9.09. The summed E-state index contributed by atoms with van der Waals surface area (Å²) in [6.45, 7) is 4.93. The zero-order chi connectivity index (χ0) is 19.1. The topological polar surface area (TPSA) is 64.4 Å². The van der Waals surface area contributed by atoms with Gasteiger partial charge in [0.2, 0.25) is 5.91 Å². The fourth-order valence-corrected chi connectivity index (χ4v) is 2.84. The largest absolute Gasteiger partial charge is 0.491 e. The minimum atomic E-state index is -0.0421. The second-order valence-electron chi connectivity index (χ2n) is 6.40. The minimum Gasteiger partial charge on any atom is -0.491 e. The average Bonchev–Trinajstić information content (AvgIpc) is 3.15. The fraction of sp³-hybridized carbons (Fsp3) is 0.273. The lowest BCUT2D eigenvalue weighted by Crippen LogP contribution is -2.28. The second-order valence-corrected chi connectivity index (χ2v) is 6.40. The van der Waals surface area contributed by atoms with Crippen molar-refractivity contribution in [1.82, 2.24) is 10.3 Å². The molecule has 1 amide bonds. The predicted octanol–water partition coefficient (Wildman–Crippen LogP) is 4.09. The number of para-hydroxylation sites is 1. The van der Waals surface area contributed by atoms with Gasteiger partial charge in [-0.3, -0.25) is 4.79 Å². The molecular weight excluding hydrogens is 340 g/mol. The Morgan fingerprint density at radius 3 is 2.56 bits per heavy atom. The first-order valence-corrected chi connectivity index (χ1v) is 9.09. The highest BCUT2D eigenvalue weighted by atomic mass is 16.5. The number of carbonyl (C=O) groups is 1.